The van der Waals surface area contributed by atoms with Crippen LogP contribution in [-0.2, 0) is 11.2 Å². The fourth-order valence-corrected chi connectivity index (χ4v) is 2.66. The van der Waals surface area contributed by atoms with E-state index >= 15 is 0 Å². The van der Waals surface area contributed by atoms with Crippen molar-refractivity contribution < 1.29 is 4.79 Å². The zero-order valence-corrected chi connectivity index (χ0v) is 11.8. The van der Waals surface area contributed by atoms with E-state index in [0.29, 0.717) is 6.42 Å². The molecule has 1 aromatic rings. The number of amides is 1. The summed E-state index contributed by atoms with van der Waals surface area (Å²) in [5.74, 6) is 0.946. The maximum atomic E-state index is 12.0. The molecule has 18 heavy (non-hydrogen) atoms. The molecule has 2 rings (SSSR count). The predicted molar refractivity (Wildman–Crippen MR) is 79.2 cm³/mol. The van der Waals surface area contributed by atoms with Crippen LogP contribution in [0.15, 0.2) is 24.3 Å². The summed E-state index contributed by atoms with van der Waals surface area (Å²) >= 11 is 4.34. The van der Waals surface area contributed by atoms with E-state index < -0.39 is 0 Å². The summed E-state index contributed by atoms with van der Waals surface area (Å²) < 4.78 is 0. The lowest BCUT2D eigenvalue weighted by atomic mass is 10.0. The number of anilines is 1. The van der Waals surface area contributed by atoms with Crippen LogP contribution < -0.4 is 5.32 Å². The van der Waals surface area contributed by atoms with Crippen molar-refractivity contribution in [2.75, 3.05) is 11.1 Å². The molecule has 3 heteroatoms. The first-order valence-corrected chi connectivity index (χ1v) is 7.31. The Hall–Kier alpha value is -0.960. The SMILES string of the molecule is CCCc1ccccc1NC(=O)CC1(CS)CC1. The highest BCUT2D eigenvalue weighted by Crippen LogP contribution is 2.49. The lowest BCUT2D eigenvalue weighted by Gasteiger charge is -2.14. The second-order valence-electron chi connectivity index (χ2n) is 5.29. The summed E-state index contributed by atoms with van der Waals surface area (Å²) in [4.78, 5) is 12.0. The van der Waals surface area contributed by atoms with Gasteiger partial charge in [-0.3, -0.25) is 4.79 Å². The van der Waals surface area contributed by atoms with Crippen molar-refractivity contribution >= 4 is 24.2 Å². The van der Waals surface area contributed by atoms with Gasteiger partial charge in [0.15, 0.2) is 0 Å². The van der Waals surface area contributed by atoms with Gasteiger partial charge in [-0.1, -0.05) is 31.5 Å². The number of hydrogen-bond donors (Lipinski definition) is 2. The van der Waals surface area contributed by atoms with E-state index in [4.69, 9.17) is 0 Å². The number of rotatable bonds is 6. The lowest BCUT2D eigenvalue weighted by molar-refractivity contribution is -0.117. The number of hydrogen-bond acceptors (Lipinski definition) is 2. The molecular formula is C15H21NOS. The van der Waals surface area contributed by atoms with Gasteiger partial charge in [-0.15, -0.1) is 0 Å². The van der Waals surface area contributed by atoms with E-state index in [-0.39, 0.29) is 11.3 Å². The number of carbonyl (C=O) groups excluding carboxylic acids is 1. The first-order chi connectivity index (χ1) is 8.69. The Balaban J connectivity index is 1.98. The molecule has 1 aromatic carbocycles. The highest BCUT2D eigenvalue weighted by molar-refractivity contribution is 7.80. The standard InChI is InChI=1S/C15H21NOS/c1-2-5-12-6-3-4-7-13(12)16-14(17)10-15(11-18)8-9-15/h3-4,6-7,18H,2,5,8-11H2,1H3,(H,16,17). The Morgan fingerprint density at radius 2 is 2.11 bits per heavy atom. The Labute approximate surface area is 115 Å². The van der Waals surface area contributed by atoms with E-state index in [2.05, 4.69) is 30.9 Å². The molecular weight excluding hydrogens is 242 g/mol. The van der Waals surface area contributed by atoms with Gasteiger partial charge in [-0.05, 0) is 42.1 Å². The van der Waals surface area contributed by atoms with Gasteiger partial charge in [0.2, 0.25) is 5.91 Å². The molecule has 2 nitrogen and oxygen atoms in total. The van der Waals surface area contributed by atoms with E-state index in [1.54, 1.807) is 0 Å². The maximum absolute atomic E-state index is 12.0. The van der Waals surface area contributed by atoms with E-state index in [0.717, 1.165) is 37.1 Å². The summed E-state index contributed by atoms with van der Waals surface area (Å²) in [6.45, 7) is 2.15. The first kappa shape index (κ1) is 13.5. The van der Waals surface area contributed by atoms with Gasteiger partial charge in [-0.25, -0.2) is 0 Å². The van der Waals surface area contributed by atoms with Crippen LogP contribution in [-0.4, -0.2) is 11.7 Å². The van der Waals surface area contributed by atoms with Crippen molar-refractivity contribution in [2.24, 2.45) is 5.41 Å². The second-order valence-corrected chi connectivity index (χ2v) is 5.61. The molecule has 1 N–H and O–H groups in total. The minimum absolute atomic E-state index is 0.130. The van der Waals surface area contributed by atoms with Crippen LogP contribution >= 0.6 is 12.6 Å². The van der Waals surface area contributed by atoms with Crippen LogP contribution in [0, 0.1) is 5.41 Å². The molecule has 0 aliphatic heterocycles. The van der Waals surface area contributed by atoms with Crippen LogP contribution in [0.1, 0.15) is 38.2 Å². The predicted octanol–water partition coefficient (Wildman–Crippen LogP) is 3.68. The van der Waals surface area contributed by atoms with Crippen LogP contribution in [0.4, 0.5) is 5.69 Å². The Morgan fingerprint density at radius 1 is 1.39 bits per heavy atom. The summed E-state index contributed by atoms with van der Waals surface area (Å²) in [5, 5.41) is 3.05. The number of nitrogens with one attached hydrogen (secondary N) is 1. The molecule has 0 heterocycles. The van der Waals surface area contributed by atoms with Crippen molar-refractivity contribution in [2.45, 2.75) is 39.0 Å². The van der Waals surface area contributed by atoms with Gasteiger partial charge < -0.3 is 5.32 Å². The van der Waals surface area contributed by atoms with Crippen LogP contribution in [0.2, 0.25) is 0 Å². The van der Waals surface area contributed by atoms with Gasteiger partial charge in [0.25, 0.3) is 0 Å². The molecule has 1 saturated carbocycles. The van der Waals surface area contributed by atoms with Gasteiger partial charge in [-0.2, -0.15) is 12.6 Å². The maximum Gasteiger partial charge on any atom is 0.224 e. The van der Waals surface area contributed by atoms with Gasteiger partial charge >= 0.3 is 0 Å². The van der Waals surface area contributed by atoms with Crippen LogP contribution in [0.3, 0.4) is 0 Å². The van der Waals surface area contributed by atoms with Crippen molar-refractivity contribution in [3.05, 3.63) is 29.8 Å². The summed E-state index contributed by atoms with van der Waals surface area (Å²) in [7, 11) is 0. The largest absolute Gasteiger partial charge is 0.326 e. The fraction of sp³-hybridized carbons (Fsp3) is 0.533. The van der Waals surface area contributed by atoms with Crippen molar-refractivity contribution in [1.29, 1.82) is 0 Å². The summed E-state index contributed by atoms with van der Waals surface area (Å²) in [5.41, 5.74) is 2.38. The number of thiol groups is 1. The van der Waals surface area contributed by atoms with Gasteiger partial charge in [0.05, 0.1) is 0 Å². The number of benzene rings is 1. The normalized spacial score (nSPS) is 16.3. The number of carbonyl (C=O) groups is 1. The van der Waals surface area contributed by atoms with Crippen LogP contribution in [0.5, 0.6) is 0 Å². The third kappa shape index (κ3) is 3.29. The van der Waals surface area contributed by atoms with E-state index in [1.807, 2.05) is 18.2 Å². The smallest absolute Gasteiger partial charge is 0.224 e. The molecule has 0 unspecified atom stereocenters. The molecule has 1 fully saturated rings. The van der Waals surface area contributed by atoms with Crippen molar-refractivity contribution in [1.82, 2.24) is 0 Å². The van der Waals surface area contributed by atoms with Gasteiger partial charge in [0.1, 0.15) is 0 Å². The molecule has 98 valence electrons. The first-order valence-electron chi connectivity index (χ1n) is 6.68. The monoisotopic (exact) mass is 263 g/mol. The Bertz CT molecular complexity index is 426. The molecule has 0 atom stereocenters. The van der Waals surface area contributed by atoms with E-state index in [9.17, 15) is 4.79 Å². The Morgan fingerprint density at radius 3 is 2.72 bits per heavy atom. The minimum atomic E-state index is 0.130. The highest BCUT2D eigenvalue weighted by atomic mass is 32.1. The molecule has 0 saturated heterocycles. The topological polar surface area (TPSA) is 29.1 Å². The molecule has 0 spiro atoms. The minimum Gasteiger partial charge on any atom is -0.326 e. The Kier molecular flexibility index (Phi) is 4.33. The molecule has 0 radical (unpaired) electrons. The molecule has 1 aliphatic carbocycles. The quantitative estimate of drug-likeness (QED) is 0.753. The number of aryl methyl sites for hydroxylation is 1. The molecule has 0 bridgehead atoms. The average Bonchev–Trinajstić information content (AvgIpc) is 3.12. The second kappa shape index (κ2) is 5.79. The van der Waals surface area contributed by atoms with Crippen molar-refractivity contribution in [3.8, 4) is 0 Å². The van der Waals surface area contributed by atoms with Crippen molar-refractivity contribution in [3.63, 3.8) is 0 Å². The third-order valence-corrected chi connectivity index (χ3v) is 4.31. The number of para-hydroxylation sites is 1. The van der Waals surface area contributed by atoms with E-state index in [1.165, 1.54) is 5.56 Å². The zero-order valence-electron chi connectivity index (χ0n) is 10.9. The molecule has 1 amide bonds. The third-order valence-electron chi connectivity index (χ3n) is 3.64. The fourth-order valence-electron chi connectivity index (χ4n) is 2.23. The lowest BCUT2D eigenvalue weighted by Crippen LogP contribution is -2.19. The molecule has 1 aliphatic rings. The van der Waals surface area contributed by atoms with Gasteiger partial charge in [0, 0.05) is 12.1 Å². The zero-order chi connectivity index (χ0) is 13.0. The molecule has 0 aromatic heterocycles. The average molecular weight is 263 g/mol. The summed E-state index contributed by atoms with van der Waals surface area (Å²) in [6.07, 6.45) is 4.99. The van der Waals surface area contributed by atoms with Crippen LogP contribution in [0.25, 0.3) is 0 Å². The summed E-state index contributed by atoms with van der Waals surface area (Å²) in [6, 6.07) is 8.07. The highest BCUT2D eigenvalue weighted by Gasteiger charge is 2.42.